The molecule has 3 fully saturated rings. The van der Waals surface area contributed by atoms with Gasteiger partial charge >= 0.3 is 0 Å². The summed E-state index contributed by atoms with van der Waals surface area (Å²) in [5.74, 6) is -0.911. The Bertz CT molecular complexity index is 577. The van der Waals surface area contributed by atoms with Gasteiger partial charge in [-0.05, 0) is 49.3 Å². The van der Waals surface area contributed by atoms with Crippen molar-refractivity contribution >= 4 is 0 Å². The van der Waals surface area contributed by atoms with Crippen LogP contribution < -0.4 is 0 Å². The smallest absolute Gasteiger partial charge is 0.160 e. The molecule has 0 spiro atoms. The highest BCUT2D eigenvalue weighted by molar-refractivity contribution is 5.22. The highest BCUT2D eigenvalue weighted by Gasteiger charge is 2.34. The first-order valence-electron chi connectivity index (χ1n) is 9.10. The molecule has 1 aromatic carbocycles. The van der Waals surface area contributed by atoms with Gasteiger partial charge in [-0.25, -0.2) is 8.78 Å². The van der Waals surface area contributed by atoms with Crippen LogP contribution in [0, 0.1) is 17.6 Å². The molecule has 1 aliphatic carbocycles. The third-order valence-corrected chi connectivity index (χ3v) is 5.38. The summed E-state index contributed by atoms with van der Waals surface area (Å²) in [5, 5.41) is 0. The molecule has 0 N–H and O–H groups in total. The lowest BCUT2D eigenvalue weighted by Gasteiger charge is -2.37. The van der Waals surface area contributed by atoms with Crippen molar-refractivity contribution in [3.8, 4) is 0 Å². The Hall–Kier alpha value is -1.08. The third kappa shape index (κ3) is 4.37. The van der Waals surface area contributed by atoms with Gasteiger partial charge in [0.15, 0.2) is 17.9 Å². The Balaban J connectivity index is 1.22. The SMILES string of the molecule is Fc1ccc(C2CCC(C3OCC(OCC4CO4)CO3)CC2)cc1F. The lowest BCUT2D eigenvalue weighted by atomic mass is 9.78. The first-order chi connectivity index (χ1) is 12.2. The van der Waals surface area contributed by atoms with Crippen molar-refractivity contribution < 1.29 is 27.7 Å². The van der Waals surface area contributed by atoms with E-state index < -0.39 is 11.6 Å². The number of rotatable bonds is 5. The summed E-state index contributed by atoms with van der Waals surface area (Å²) in [6, 6.07) is 4.25. The van der Waals surface area contributed by atoms with Crippen LogP contribution >= 0.6 is 0 Å². The second-order valence-electron chi connectivity index (χ2n) is 7.23. The van der Waals surface area contributed by atoms with E-state index in [-0.39, 0.29) is 24.4 Å². The van der Waals surface area contributed by atoms with Crippen molar-refractivity contribution in [3.63, 3.8) is 0 Å². The van der Waals surface area contributed by atoms with Crippen molar-refractivity contribution in [2.75, 3.05) is 26.4 Å². The van der Waals surface area contributed by atoms with Crippen LogP contribution in [0.4, 0.5) is 8.78 Å². The number of epoxide rings is 1. The molecule has 0 amide bonds. The minimum atomic E-state index is -0.786. The van der Waals surface area contributed by atoms with Crippen molar-refractivity contribution in [2.45, 2.75) is 50.1 Å². The molecule has 3 aliphatic rings. The van der Waals surface area contributed by atoms with Crippen LogP contribution in [-0.4, -0.2) is 44.9 Å². The number of benzene rings is 1. The molecular formula is C19H24F2O4. The van der Waals surface area contributed by atoms with Crippen molar-refractivity contribution in [1.29, 1.82) is 0 Å². The highest BCUT2D eigenvalue weighted by atomic mass is 19.2. The number of ether oxygens (including phenoxy) is 4. The van der Waals surface area contributed by atoms with Crippen LogP contribution in [0.25, 0.3) is 0 Å². The topological polar surface area (TPSA) is 40.2 Å². The van der Waals surface area contributed by atoms with Gasteiger partial charge in [0, 0.05) is 5.92 Å². The van der Waals surface area contributed by atoms with Crippen molar-refractivity contribution in [1.82, 2.24) is 0 Å². The zero-order valence-corrected chi connectivity index (χ0v) is 14.2. The average molecular weight is 354 g/mol. The number of hydrogen-bond donors (Lipinski definition) is 0. The Morgan fingerprint density at radius 3 is 2.28 bits per heavy atom. The zero-order valence-electron chi connectivity index (χ0n) is 14.2. The minimum Gasteiger partial charge on any atom is -0.371 e. The van der Waals surface area contributed by atoms with Crippen LogP contribution in [0.1, 0.15) is 37.2 Å². The van der Waals surface area contributed by atoms with Crippen molar-refractivity contribution in [3.05, 3.63) is 35.4 Å². The summed E-state index contributed by atoms with van der Waals surface area (Å²) in [6.45, 7) is 2.51. The molecule has 6 heteroatoms. The van der Waals surface area contributed by atoms with E-state index in [1.54, 1.807) is 6.07 Å². The van der Waals surface area contributed by atoms with Crippen LogP contribution in [0.15, 0.2) is 18.2 Å². The van der Waals surface area contributed by atoms with E-state index in [1.807, 2.05) is 0 Å². The third-order valence-electron chi connectivity index (χ3n) is 5.38. The summed E-state index contributed by atoms with van der Waals surface area (Å²) in [6.07, 6.45) is 3.88. The van der Waals surface area contributed by atoms with Crippen LogP contribution in [0.2, 0.25) is 0 Å². The van der Waals surface area contributed by atoms with E-state index in [0.717, 1.165) is 37.9 Å². The van der Waals surface area contributed by atoms with E-state index in [9.17, 15) is 8.78 Å². The standard InChI is InChI=1S/C19H24F2O4/c20-17-6-5-14(7-18(17)21)12-1-3-13(4-2-12)19-24-10-16(11-25-19)23-9-15-8-22-15/h5-7,12-13,15-16,19H,1-4,8-11H2. The number of halogens is 2. The van der Waals surface area contributed by atoms with Gasteiger partial charge in [-0.1, -0.05) is 6.07 Å². The van der Waals surface area contributed by atoms with Gasteiger partial charge < -0.3 is 18.9 Å². The molecule has 0 bridgehead atoms. The Morgan fingerprint density at radius 1 is 0.920 bits per heavy atom. The van der Waals surface area contributed by atoms with Gasteiger partial charge in [0.05, 0.1) is 26.4 Å². The zero-order chi connectivity index (χ0) is 17.2. The van der Waals surface area contributed by atoms with Gasteiger partial charge in [0.1, 0.15) is 12.2 Å². The first kappa shape index (κ1) is 17.3. The summed E-state index contributed by atoms with van der Waals surface area (Å²) in [4.78, 5) is 0. The maximum absolute atomic E-state index is 13.4. The monoisotopic (exact) mass is 354 g/mol. The van der Waals surface area contributed by atoms with Gasteiger partial charge in [-0.15, -0.1) is 0 Å². The second kappa shape index (κ2) is 7.66. The molecule has 2 aliphatic heterocycles. The summed E-state index contributed by atoms with van der Waals surface area (Å²) >= 11 is 0. The summed E-state index contributed by atoms with van der Waals surface area (Å²) in [5.41, 5.74) is 0.888. The van der Waals surface area contributed by atoms with Crippen LogP contribution in [0.3, 0.4) is 0 Å². The fourth-order valence-electron chi connectivity index (χ4n) is 3.77. The molecule has 4 nitrogen and oxygen atoms in total. The van der Waals surface area contributed by atoms with Gasteiger partial charge in [0.25, 0.3) is 0 Å². The van der Waals surface area contributed by atoms with E-state index in [4.69, 9.17) is 18.9 Å². The fourth-order valence-corrected chi connectivity index (χ4v) is 3.77. The second-order valence-corrected chi connectivity index (χ2v) is 7.23. The molecule has 1 aromatic rings. The normalized spacial score (nSPS) is 35.5. The highest BCUT2D eigenvalue weighted by Crippen LogP contribution is 2.39. The predicted octanol–water partition coefficient (Wildman–Crippen LogP) is 3.40. The van der Waals surface area contributed by atoms with E-state index in [1.165, 1.54) is 12.1 Å². The maximum Gasteiger partial charge on any atom is 0.160 e. The molecule has 138 valence electrons. The fraction of sp³-hybridized carbons (Fsp3) is 0.684. The predicted molar refractivity (Wildman–Crippen MR) is 86.2 cm³/mol. The van der Waals surface area contributed by atoms with Gasteiger partial charge in [-0.3, -0.25) is 0 Å². The molecule has 1 saturated carbocycles. The van der Waals surface area contributed by atoms with Crippen LogP contribution in [-0.2, 0) is 18.9 Å². The van der Waals surface area contributed by atoms with E-state index in [2.05, 4.69) is 0 Å². The quantitative estimate of drug-likeness (QED) is 0.760. The minimum absolute atomic E-state index is 0.0148. The van der Waals surface area contributed by atoms with Gasteiger partial charge in [0.2, 0.25) is 0 Å². The Labute approximate surface area is 146 Å². The largest absolute Gasteiger partial charge is 0.371 e. The molecule has 4 rings (SSSR count). The Kier molecular flexibility index (Phi) is 5.31. The molecular weight excluding hydrogens is 330 g/mol. The number of hydrogen-bond acceptors (Lipinski definition) is 4. The first-order valence-corrected chi connectivity index (χ1v) is 9.10. The van der Waals surface area contributed by atoms with E-state index >= 15 is 0 Å². The lowest BCUT2D eigenvalue weighted by Crippen LogP contribution is -2.42. The average Bonchev–Trinajstić information content (AvgIpc) is 3.47. The van der Waals surface area contributed by atoms with Gasteiger partial charge in [-0.2, -0.15) is 0 Å². The molecule has 1 atom stereocenters. The Morgan fingerprint density at radius 2 is 1.64 bits per heavy atom. The summed E-state index contributed by atoms with van der Waals surface area (Å²) < 4.78 is 49.0. The molecule has 1 unspecified atom stereocenters. The molecule has 2 heterocycles. The van der Waals surface area contributed by atoms with Crippen molar-refractivity contribution in [2.24, 2.45) is 5.92 Å². The molecule has 0 aromatic heterocycles. The van der Waals surface area contributed by atoms with E-state index in [0.29, 0.717) is 25.7 Å². The molecule has 25 heavy (non-hydrogen) atoms. The summed E-state index contributed by atoms with van der Waals surface area (Å²) in [7, 11) is 0. The molecule has 2 saturated heterocycles. The van der Waals surface area contributed by atoms with Crippen LogP contribution in [0.5, 0.6) is 0 Å². The molecule has 0 radical (unpaired) electrons. The lowest BCUT2D eigenvalue weighted by molar-refractivity contribution is -0.249. The maximum atomic E-state index is 13.4.